The normalized spacial score (nSPS) is 11.8. The Labute approximate surface area is 154 Å². The zero-order valence-corrected chi connectivity index (χ0v) is 15.7. The molecule has 2 heterocycles. The SMILES string of the molecule is CCCc1n[nH]c2c(=O)[nH]c(-c3cc(S(=O)(=O)Cl)ccc3OCC)nc12. The van der Waals surface area contributed by atoms with E-state index in [0.717, 1.165) is 6.42 Å². The van der Waals surface area contributed by atoms with Crippen molar-refractivity contribution in [1.29, 1.82) is 0 Å². The lowest BCUT2D eigenvalue weighted by molar-refractivity contribution is 0.341. The van der Waals surface area contributed by atoms with Crippen LogP contribution in [0.2, 0.25) is 0 Å². The maximum Gasteiger partial charge on any atom is 0.277 e. The molecule has 0 saturated carbocycles. The molecule has 0 bridgehead atoms. The summed E-state index contributed by atoms with van der Waals surface area (Å²) in [5.41, 5.74) is 1.33. The van der Waals surface area contributed by atoms with Gasteiger partial charge in [0.2, 0.25) is 0 Å². The highest BCUT2D eigenvalue weighted by molar-refractivity contribution is 8.13. The highest BCUT2D eigenvalue weighted by Crippen LogP contribution is 2.31. The van der Waals surface area contributed by atoms with Crippen LogP contribution in [0.25, 0.3) is 22.4 Å². The lowest BCUT2D eigenvalue weighted by Crippen LogP contribution is -2.10. The van der Waals surface area contributed by atoms with Gasteiger partial charge in [0.15, 0.2) is 0 Å². The number of aromatic nitrogens is 4. The third-order valence-corrected chi connectivity index (χ3v) is 5.12. The largest absolute Gasteiger partial charge is 0.493 e. The van der Waals surface area contributed by atoms with Gasteiger partial charge in [0.05, 0.1) is 22.8 Å². The van der Waals surface area contributed by atoms with Crippen molar-refractivity contribution in [1.82, 2.24) is 20.2 Å². The van der Waals surface area contributed by atoms with Crippen molar-refractivity contribution in [3.63, 3.8) is 0 Å². The van der Waals surface area contributed by atoms with E-state index in [2.05, 4.69) is 20.2 Å². The molecule has 3 rings (SSSR count). The number of nitrogens with zero attached hydrogens (tertiary/aromatic N) is 2. The quantitative estimate of drug-likeness (QED) is 0.618. The molecule has 8 nitrogen and oxygen atoms in total. The van der Waals surface area contributed by atoms with Gasteiger partial charge >= 0.3 is 0 Å². The van der Waals surface area contributed by atoms with Gasteiger partial charge in [-0.3, -0.25) is 9.89 Å². The summed E-state index contributed by atoms with van der Waals surface area (Å²) in [6.07, 6.45) is 1.50. The van der Waals surface area contributed by atoms with E-state index in [0.29, 0.717) is 35.6 Å². The Hall–Kier alpha value is -2.39. The van der Waals surface area contributed by atoms with Crippen molar-refractivity contribution in [3.05, 3.63) is 34.2 Å². The molecule has 1 aromatic carbocycles. The summed E-state index contributed by atoms with van der Waals surface area (Å²) < 4.78 is 28.9. The molecule has 0 aliphatic rings. The fourth-order valence-electron chi connectivity index (χ4n) is 2.63. The van der Waals surface area contributed by atoms with Crippen LogP contribution in [0, 0.1) is 0 Å². The first kappa shape index (κ1) is 18.4. The Bertz CT molecular complexity index is 1120. The Kier molecular flexibility index (Phi) is 5.01. The van der Waals surface area contributed by atoms with Crippen LogP contribution in [-0.2, 0) is 15.5 Å². The lowest BCUT2D eigenvalue weighted by Gasteiger charge is -2.11. The molecule has 0 saturated heterocycles. The number of halogens is 1. The molecule has 0 amide bonds. The molecule has 26 heavy (non-hydrogen) atoms. The number of H-pyrrole nitrogens is 2. The van der Waals surface area contributed by atoms with E-state index in [1.54, 1.807) is 6.92 Å². The van der Waals surface area contributed by atoms with Crippen LogP contribution in [0.5, 0.6) is 5.75 Å². The number of aromatic amines is 2. The van der Waals surface area contributed by atoms with E-state index in [9.17, 15) is 13.2 Å². The minimum absolute atomic E-state index is 0.110. The van der Waals surface area contributed by atoms with E-state index in [4.69, 9.17) is 15.4 Å². The summed E-state index contributed by atoms with van der Waals surface area (Å²) >= 11 is 0. The number of aryl methyl sites for hydroxylation is 1. The van der Waals surface area contributed by atoms with Gasteiger partial charge in [-0.05, 0) is 31.5 Å². The van der Waals surface area contributed by atoms with Gasteiger partial charge < -0.3 is 9.72 Å². The third-order valence-electron chi connectivity index (χ3n) is 3.77. The van der Waals surface area contributed by atoms with Crippen LogP contribution in [0.3, 0.4) is 0 Å². The van der Waals surface area contributed by atoms with E-state index in [1.165, 1.54) is 18.2 Å². The van der Waals surface area contributed by atoms with Crippen molar-refractivity contribution < 1.29 is 13.2 Å². The Morgan fingerprint density at radius 3 is 2.69 bits per heavy atom. The summed E-state index contributed by atoms with van der Waals surface area (Å²) in [6.45, 7) is 4.15. The Morgan fingerprint density at radius 1 is 1.27 bits per heavy atom. The fraction of sp³-hybridized carbons (Fsp3) is 0.312. The summed E-state index contributed by atoms with van der Waals surface area (Å²) in [6, 6.07) is 4.16. The standard InChI is InChI=1S/C16H17ClN4O4S/c1-3-5-11-13-14(21-20-11)16(22)19-15(18-13)10-8-9(26(17,23)24)6-7-12(10)25-4-2/h6-8H,3-5H2,1-2H3,(H,20,21)(H,18,19,22). The number of nitrogens with one attached hydrogen (secondary N) is 2. The van der Waals surface area contributed by atoms with Crippen LogP contribution >= 0.6 is 10.7 Å². The van der Waals surface area contributed by atoms with Crippen LogP contribution < -0.4 is 10.3 Å². The molecule has 0 aliphatic carbocycles. The van der Waals surface area contributed by atoms with Gasteiger partial charge in [0, 0.05) is 10.7 Å². The molecule has 0 spiro atoms. The second-order valence-electron chi connectivity index (χ2n) is 5.59. The smallest absolute Gasteiger partial charge is 0.277 e. The summed E-state index contributed by atoms with van der Waals surface area (Å²) in [4.78, 5) is 19.4. The molecule has 3 aromatic rings. The number of hydrogen-bond donors (Lipinski definition) is 2. The molecule has 10 heteroatoms. The zero-order valence-electron chi connectivity index (χ0n) is 14.2. The average Bonchev–Trinajstić information content (AvgIpc) is 2.98. The van der Waals surface area contributed by atoms with Gasteiger partial charge in [-0.25, -0.2) is 13.4 Å². The molecule has 0 aliphatic heterocycles. The topological polar surface area (TPSA) is 118 Å². The number of fused-ring (bicyclic) bond motifs is 1. The molecule has 0 radical (unpaired) electrons. The zero-order chi connectivity index (χ0) is 18.9. The molecular weight excluding hydrogens is 380 g/mol. The first-order valence-corrected chi connectivity index (χ1v) is 10.3. The molecule has 0 fully saturated rings. The molecular formula is C16H17ClN4O4S. The molecule has 2 aromatic heterocycles. The van der Waals surface area contributed by atoms with Crippen molar-refractivity contribution in [2.24, 2.45) is 0 Å². The molecule has 0 unspecified atom stereocenters. The highest BCUT2D eigenvalue weighted by atomic mass is 35.7. The van der Waals surface area contributed by atoms with Gasteiger partial charge in [-0.2, -0.15) is 5.10 Å². The molecule has 2 N–H and O–H groups in total. The third kappa shape index (κ3) is 3.45. The lowest BCUT2D eigenvalue weighted by atomic mass is 10.1. The number of hydrogen-bond acceptors (Lipinski definition) is 6. The van der Waals surface area contributed by atoms with Crippen molar-refractivity contribution in [3.8, 4) is 17.1 Å². The fourth-order valence-corrected chi connectivity index (χ4v) is 3.41. The highest BCUT2D eigenvalue weighted by Gasteiger charge is 2.19. The van der Waals surface area contributed by atoms with E-state index in [1.807, 2.05) is 6.92 Å². The second kappa shape index (κ2) is 7.08. The first-order valence-electron chi connectivity index (χ1n) is 8.04. The van der Waals surface area contributed by atoms with Crippen LogP contribution in [0.1, 0.15) is 26.0 Å². The van der Waals surface area contributed by atoms with Crippen molar-refractivity contribution >= 4 is 30.8 Å². The average molecular weight is 397 g/mol. The van der Waals surface area contributed by atoms with Gasteiger partial charge in [0.1, 0.15) is 22.6 Å². The van der Waals surface area contributed by atoms with Gasteiger partial charge in [0.25, 0.3) is 14.6 Å². The van der Waals surface area contributed by atoms with Gasteiger partial charge in [-0.15, -0.1) is 0 Å². The van der Waals surface area contributed by atoms with E-state index >= 15 is 0 Å². The Morgan fingerprint density at radius 2 is 2.04 bits per heavy atom. The van der Waals surface area contributed by atoms with Crippen molar-refractivity contribution in [2.45, 2.75) is 31.6 Å². The van der Waals surface area contributed by atoms with Crippen LogP contribution in [0.15, 0.2) is 27.9 Å². The minimum Gasteiger partial charge on any atom is -0.493 e. The summed E-state index contributed by atoms with van der Waals surface area (Å²) in [5.74, 6) is 0.575. The maximum atomic E-state index is 12.4. The van der Waals surface area contributed by atoms with Crippen molar-refractivity contribution in [2.75, 3.05) is 6.61 Å². The van der Waals surface area contributed by atoms with Crippen LogP contribution in [-0.4, -0.2) is 35.2 Å². The first-order chi connectivity index (χ1) is 12.3. The van der Waals surface area contributed by atoms with Crippen LogP contribution in [0.4, 0.5) is 0 Å². The number of rotatable bonds is 6. The maximum absolute atomic E-state index is 12.4. The predicted molar refractivity (Wildman–Crippen MR) is 98.1 cm³/mol. The summed E-state index contributed by atoms with van der Waals surface area (Å²) in [7, 11) is 1.50. The van der Waals surface area contributed by atoms with Gasteiger partial charge in [-0.1, -0.05) is 13.3 Å². The predicted octanol–water partition coefficient (Wildman–Crippen LogP) is 2.59. The van der Waals surface area contributed by atoms with E-state index < -0.39 is 14.6 Å². The number of benzene rings is 1. The Balaban J connectivity index is 2.27. The summed E-state index contributed by atoms with van der Waals surface area (Å²) in [5, 5.41) is 6.83. The molecule has 0 atom stereocenters. The monoisotopic (exact) mass is 396 g/mol. The second-order valence-corrected chi connectivity index (χ2v) is 8.15. The number of ether oxygens (including phenoxy) is 1. The molecule has 138 valence electrons. The van der Waals surface area contributed by atoms with E-state index in [-0.39, 0.29) is 16.2 Å². The minimum atomic E-state index is -3.95.